The van der Waals surface area contributed by atoms with Gasteiger partial charge in [-0.2, -0.15) is 0 Å². The Balaban J connectivity index is 3.18. The molecule has 1 aromatic heterocycles. The average molecular weight is 347 g/mol. The van der Waals surface area contributed by atoms with Gasteiger partial charge in [-0.25, -0.2) is 0 Å². The predicted molar refractivity (Wildman–Crippen MR) is 51.6 cm³/mol. The Morgan fingerprint density at radius 2 is 2.22 bits per heavy atom. The molecule has 0 radical (unpaired) electrons. The molecule has 0 fully saturated rings. The summed E-state index contributed by atoms with van der Waals surface area (Å²) in [4.78, 5) is 13.1. The zero-order valence-electron chi connectivity index (χ0n) is 4.32. The van der Waals surface area contributed by atoms with Gasteiger partial charge >= 0.3 is 0 Å². The van der Waals surface area contributed by atoms with Gasteiger partial charge in [0.2, 0.25) is 0 Å². The number of rotatable bonds is 1. The third-order valence-electron chi connectivity index (χ3n) is 0.928. The van der Waals surface area contributed by atoms with Gasteiger partial charge in [-0.15, -0.1) is 0 Å². The fraction of sp³-hybridized carbons (Fsp3) is 0. The molecule has 0 amide bonds. The lowest BCUT2D eigenvalue weighted by atomic mass is 10.4. The van der Waals surface area contributed by atoms with Crippen molar-refractivity contribution in [2.75, 3.05) is 0 Å². The van der Waals surface area contributed by atoms with Crippen LogP contribution in [0.4, 0.5) is 0 Å². The van der Waals surface area contributed by atoms with E-state index >= 15 is 0 Å². The number of aldehydes is 1. The summed E-state index contributed by atoms with van der Waals surface area (Å²) in [6.07, 6.45) is 2.55. The molecule has 1 rings (SSSR count). The molecule has 1 heterocycles. The van der Waals surface area contributed by atoms with Gasteiger partial charge in [0.15, 0.2) is 6.29 Å². The van der Waals surface area contributed by atoms with Crippen LogP contribution in [0.25, 0.3) is 0 Å². The van der Waals surface area contributed by atoms with Crippen molar-refractivity contribution >= 4 is 51.5 Å². The zero-order valence-corrected chi connectivity index (χ0v) is 8.63. The second-order valence-electron chi connectivity index (χ2n) is 1.49. The Hall–Kier alpha value is 0.410. The molecule has 0 saturated heterocycles. The molecule has 0 aromatic carbocycles. The molecule has 9 heavy (non-hydrogen) atoms. The SMILES string of the molecule is O=Cc1c[nH]c(I)c1I. The van der Waals surface area contributed by atoms with Crippen LogP contribution in [0.15, 0.2) is 6.20 Å². The Bertz CT molecular complexity index is 231. The van der Waals surface area contributed by atoms with E-state index in [1.807, 2.05) is 0 Å². The molecule has 2 nitrogen and oxygen atoms in total. The summed E-state index contributed by atoms with van der Waals surface area (Å²) < 4.78 is 2.03. The molecule has 0 aliphatic heterocycles. The van der Waals surface area contributed by atoms with Crippen molar-refractivity contribution in [3.05, 3.63) is 19.0 Å². The lowest BCUT2D eigenvalue weighted by Crippen LogP contribution is -1.77. The van der Waals surface area contributed by atoms with Crippen LogP contribution < -0.4 is 0 Å². The molecule has 0 bridgehead atoms. The van der Waals surface area contributed by atoms with Crippen molar-refractivity contribution < 1.29 is 4.79 Å². The Morgan fingerprint density at radius 3 is 2.44 bits per heavy atom. The summed E-state index contributed by atoms with van der Waals surface area (Å²) in [7, 11) is 0. The lowest BCUT2D eigenvalue weighted by molar-refractivity contribution is 0.112. The maximum absolute atomic E-state index is 10.2. The number of hydrogen-bond donors (Lipinski definition) is 1. The first-order chi connectivity index (χ1) is 4.25. The standard InChI is InChI=1S/C5H3I2NO/c6-4-3(2-9)1-8-5(4)7/h1-2,8H. The molecule has 1 N–H and O–H groups in total. The van der Waals surface area contributed by atoms with Crippen molar-refractivity contribution in [1.29, 1.82) is 0 Å². The monoisotopic (exact) mass is 347 g/mol. The summed E-state index contributed by atoms with van der Waals surface area (Å²) in [5, 5.41) is 0. The number of carbonyl (C=O) groups excluding carboxylic acids is 1. The fourth-order valence-electron chi connectivity index (χ4n) is 0.480. The minimum absolute atomic E-state index is 0.736. The molecular weight excluding hydrogens is 344 g/mol. The number of halogens is 2. The summed E-state index contributed by atoms with van der Waals surface area (Å²) in [5.74, 6) is 0. The van der Waals surface area contributed by atoms with E-state index in [0.29, 0.717) is 0 Å². The molecule has 4 heteroatoms. The molecule has 0 atom stereocenters. The quantitative estimate of drug-likeness (QED) is 0.612. The summed E-state index contributed by atoms with van der Waals surface area (Å²) in [6.45, 7) is 0. The minimum Gasteiger partial charge on any atom is -0.355 e. The van der Waals surface area contributed by atoms with Crippen molar-refractivity contribution in [2.45, 2.75) is 0 Å². The molecule has 0 aliphatic rings. The maximum Gasteiger partial charge on any atom is 0.152 e. The van der Waals surface area contributed by atoms with E-state index in [2.05, 4.69) is 50.2 Å². The van der Waals surface area contributed by atoms with Crippen molar-refractivity contribution in [3.8, 4) is 0 Å². The number of carbonyl (C=O) groups is 1. The topological polar surface area (TPSA) is 32.9 Å². The van der Waals surface area contributed by atoms with Gasteiger partial charge in [-0.3, -0.25) is 4.79 Å². The van der Waals surface area contributed by atoms with Gasteiger partial charge in [-0.1, -0.05) is 0 Å². The van der Waals surface area contributed by atoms with Crippen LogP contribution in [0.1, 0.15) is 10.4 Å². The van der Waals surface area contributed by atoms with Gasteiger partial charge in [0.05, 0.1) is 7.27 Å². The van der Waals surface area contributed by atoms with E-state index in [1.165, 1.54) is 0 Å². The number of aromatic nitrogens is 1. The van der Waals surface area contributed by atoms with Crippen LogP contribution >= 0.6 is 45.2 Å². The van der Waals surface area contributed by atoms with Crippen LogP contribution in [-0.4, -0.2) is 11.3 Å². The minimum atomic E-state index is 0.736. The summed E-state index contributed by atoms with van der Waals surface area (Å²) in [6, 6.07) is 0. The number of hydrogen-bond acceptors (Lipinski definition) is 1. The highest BCUT2D eigenvalue weighted by Gasteiger charge is 2.02. The van der Waals surface area contributed by atoms with Crippen LogP contribution in [0.5, 0.6) is 0 Å². The normalized spacial score (nSPS) is 9.56. The highest BCUT2D eigenvalue weighted by molar-refractivity contribution is 14.1. The first-order valence-electron chi connectivity index (χ1n) is 2.23. The van der Waals surface area contributed by atoms with Crippen molar-refractivity contribution in [3.63, 3.8) is 0 Å². The van der Waals surface area contributed by atoms with E-state index in [4.69, 9.17) is 0 Å². The fourth-order valence-corrected chi connectivity index (χ4v) is 1.39. The Kier molecular flexibility index (Phi) is 2.50. The second kappa shape index (κ2) is 3.00. The van der Waals surface area contributed by atoms with Crippen LogP contribution in [0.3, 0.4) is 0 Å². The van der Waals surface area contributed by atoms with E-state index in [9.17, 15) is 4.79 Å². The maximum atomic E-state index is 10.2. The lowest BCUT2D eigenvalue weighted by Gasteiger charge is -1.81. The average Bonchev–Trinajstić information content (AvgIpc) is 2.15. The van der Waals surface area contributed by atoms with Gasteiger partial charge < -0.3 is 4.98 Å². The van der Waals surface area contributed by atoms with Crippen LogP contribution in [0.2, 0.25) is 0 Å². The Morgan fingerprint density at radius 1 is 1.56 bits per heavy atom. The van der Waals surface area contributed by atoms with Gasteiger partial charge in [-0.05, 0) is 45.2 Å². The number of H-pyrrole nitrogens is 1. The first-order valence-corrected chi connectivity index (χ1v) is 4.39. The third-order valence-corrected chi connectivity index (χ3v) is 3.97. The van der Waals surface area contributed by atoms with Gasteiger partial charge in [0.25, 0.3) is 0 Å². The van der Waals surface area contributed by atoms with E-state index < -0.39 is 0 Å². The van der Waals surface area contributed by atoms with Crippen LogP contribution in [-0.2, 0) is 0 Å². The molecule has 1 aromatic rings. The molecule has 0 spiro atoms. The first kappa shape index (κ1) is 7.52. The van der Waals surface area contributed by atoms with Crippen molar-refractivity contribution in [2.24, 2.45) is 0 Å². The molecule has 0 saturated carbocycles. The third kappa shape index (κ3) is 1.46. The molecule has 0 aliphatic carbocycles. The zero-order chi connectivity index (χ0) is 6.85. The van der Waals surface area contributed by atoms with E-state index in [1.54, 1.807) is 6.20 Å². The molecule has 0 unspecified atom stereocenters. The van der Waals surface area contributed by atoms with Gasteiger partial charge in [0, 0.05) is 11.8 Å². The summed E-state index contributed by atoms with van der Waals surface area (Å²) >= 11 is 4.28. The highest BCUT2D eigenvalue weighted by Crippen LogP contribution is 2.16. The second-order valence-corrected chi connectivity index (χ2v) is 3.65. The summed E-state index contributed by atoms with van der Waals surface area (Å²) in [5.41, 5.74) is 0.736. The van der Waals surface area contributed by atoms with E-state index in [0.717, 1.165) is 19.1 Å². The van der Waals surface area contributed by atoms with Crippen LogP contribution in [0, 0.1) is 7.27 Å². The molecular formula is C5H3I2NO. The van der Waals surface area contributed by atoms with Crippen molar-refractivity contribution in [1.82, 2.24) is 4.98 Å². The van der Waals surface area contributed by atoms with Gasteiger partial charge in [0.1, 0.15) is 0 Å². The van der Waals surface area contributed by atoms with E-state index in [-0.39, 0.29) is 0 Å². The number of nitrogens with one attached hydrogen (secondary N) is 1. The molecule has 48 valence electrons. The smallest absolute Gasteiger partial charge is 0.152 e. The number of aromatic amines is 1. The Labute approximate surface area is 79.7 Å². The largest absolute Gasteiger partial charge is 0.355 e. The highest BCUT2D eigenvalue weighted by atomic mass is 127. The predicted octanol–water partition coefficient (Wildman–Crippen LogP) is 2.04.